The molecule has 0 radical (unpaired) electrons. The topological polar surface area (TPSA) is 45.0 Å². The minimum absolute atomic E-state index is 0.424. The highest BCUT2D eigenvalue weighted by molar-refractivity contribution is 4.92. The number of hydrogen-bond donors (Lipinski definition) is 1. The maximum atomic E-state index is 8.76. The summed E-state index contributed by atoms with van der Waals surface area (Å²) in [6.45, 7) is 3.47. The van der Waals surface area contributed by atoms with Gasteiger partial charge in [0.25, 0.3) is 0 Å². The molecular weight excluding hydrogens is 92.1 g/mol. The van der Waals surface area contributed by atoms with Crippen molar-refractivity contribution in [1.29, 1.82) is 0 Å². The summed E-state index contributed by atoms with van der Waals surface area (Å²) in [7, 11) is 0. The highest BCUT2D eigenvalue weighted by atomic mass is 16.3. The van der Waals surface area contributed by atoms with Gasteiger partial charge < -0.3 is 5.11 Å². The summed E-state index contributed by atoms with van der Waals surface area (Å²) in [4.78, 5) is 0. The predicted molar refractivity (Wildman–Crippen MR) is 24.9 cm³/mol. The Bertz CT molecular complexity index is 102. The average Bonchev–Trinajstić information content (AvgIpc) is 2.21. The van der Waals surface area contributed by atoms with Crippen molar-refractivity contribution in [1.82, 2.24) is 0 Å². The molecule has 0 aromatic heterocycles. The average molecular weight is 100 g/mol. The molecule has 3 heteroatoms. The Morgan fingerprint density at radius 1 is 1.57 bits per heavy atom. The van der Waals surface area contributed by atoms with Crippen LogP contribution in [0.1, 0.15) is 13.8 Å². The van der Waals surface area contributed by atoms with Crippen molar-refractivity contribution in [2.45, 2.75) is 25.6 Å². The van der Waals surface area contributed by atoms with E-state index in [-0.39, 0.29) is 0 Å². The van der Waals surface area contributed by atoms with Gasteiger partial charge in [-0.15, -0.1) is 0 Å². The van der Waals surface area contributed by atoms with Gasteiger partial charge in [0.15, 0.2) is 0 Å². The van der Waals surface area contributed by atoms with Crippen molar-refractivity contribution < 1.29 is 5.11 Å². The fourth-order valence-corrected chi connectivity index (χ4v) is 0.246. The Morgan fingerprint density at radius 3 is 2.00 bits per heavy atom. The largest absolute Gasteiger partial charge is 0.389 e. The van der Waals surface area contributed by atoms with Crippen LogP contribution in [0, 0.1) is 0 Å². The number of rotatable bonds is 1. The molecule has 0 amide bonds. The van der Waals surface area contributed by atoms with E-state index in [4.69, 9.17) is 5.11 Å². The van der Waals surface area contributed by atoms with Crippen molar-refractivity contribution in [2.24, 2.45) is 10.2 Å². The lowest BCUT2D eigenvalue weighted by Crippen LogP contribution is -2.21. The van der Waals surface area contributed by atoms with Crippen LogP contribution in [-0.2, 0) is 0 Å². The summed E-state index contributed by atoms with van der Waals surface area (Å²) < 4.78 is 0. The van der Waals surface area contributed by atoms with E-state index < -0.39 is 11.8 Å². The van der Waals surface area contributed by atoms with Crippen molar-refractivity contribution in [3.8, 4) is 0 Å². The smallest absolute Gasteiger partial charge is 0.213 e. The van der Waals surface area contributed by atoms with E-state index in [2.05, 4.69) is 10.2 Å². The van der Waals surface area contributed by atoms with Gasteiger partial charge in [-0.2, -0.15) is 10.2 Å². The molecule has 0 aromatic carbocycles. The van der Waals surface area contributed by atoms with E-state index in [0.717, 1.165) is 0 Å². The van der Waals surface area contributed by atoms with Crippen molar-refractivity contribution in [2.75, 3.05) is 0 Å². The summed E-state index contributed by atoms with van der Waals surface area (Å²) in [6, 6.07) is 0. The number of nitrogens with zero attached hydrogens (tertiary/aromatic N) is 2. The first kappa shape index (κ1) is 4.71. The van der Waals surface area contributed by atoms with Crippen LogP contribution in [-0.4, -0.2) is 16.9 Å². The molecular formula is C4H8N2O. The Morgan fingerprint density at radius 2 is 2.00 bits per heavy atom. The quantitative estimate of drug-likeness (QED) is 0.513. The third-order valence-electron chi connectivity index (χ3n) is 1.21. The van der Waals surface area contributed by atoms with Gasteiger partial charge in [-0.25, -0.2) is 0 Å². The first-order valence-corrected chi connectivity index (χ1v) is 2.27. The molecule has 3 nitrogen and oxygen atoms in total. The second kappa shape index (κ2) is 1.04. The molecule has 0 aromatic rings. The van der Waals surface area contributed by atoms with E-state index in [0.29, 0.717) is 0 Å². The molecule has 0 saturated carbocycles. The summed E-state index contributed by atoms with van der Waals surface area (Å²) in [5.41, 5.74) is -0.444. The molecule has 0 bridgehead atoms. The fraction of sp³-hybridized carbons (Fsp3) is 1.00. The summed E-state index contributed by atoms with van der Waals surface area (Å²) in [5.74, 6) is 0. The molecule has 1 aliphatic rings. The van der Waals surface area contributed by atoms with E-state index in [1.807, 2.05) is 0 Å². The highest BCUT2D eigenvalue weighted by Crippen LogP contribution is 2.30. The molecule has 1 aliphatic heterocycles. The monoisotopic (exact) mass is 100 g/mol. The van der Waals surface area contributed by atoms with Crippen LogP contribution in [0.25, 0.3) is 0 Å². The number of aliphatic hydroxyl groups excluding tert-OH is 1. The molecule has 1 N–H and O–H groups in total. The summed E-state index contributed by atoms with van der Waals surface area (Å²) in [5, 5.41) is 16.0. The van der Waals surface area contributed by atoms with Gasteiger partial charge in [0, 0.05) is 0 Å². The Balaban J connectivity index is 2.41. The van der Waals surface area contributed by atoms with E-state index in [1.54, 1.807) is 13.8 Å². The second-order valence-corrected chi connectivity index (χ2v) is 1.97. The molecule has 7 heavy (non-hydrogen) atoms. The van der Waals surface area contributed by atoms with Crippen LogP contribution in [0.15, 0.2) is 10.2 Å². The maximum absolute atomic E-state index is 8.76. The van der Waals surface area contributed by atoms with Crippen LogP contribution >= 0.6 is 0 Å². The molecule has 1 unspecified atom stereocenters. The lowest BCUT2D eigenvalue weighted by atomic mass is 10.2. The fourth-order valence-electron chi connectivity index (χ4n) is 0.246. The SMILES string of the molecule is CC(O)C1(C)N=N1. The van der Waals surface area contributed by atoms with Gasteiger partial charge in [-0.1, -0.05) is 0 Å². The van der Waals surface area contributed by atoms with Crippen LogP contribution < -0.4 is 0 Å². The minimum Gasteiger partial charge on any atom is -0.389 e. The zero-order valence-corrected chi connectivity index (χ0v) is 4.42. The third-order valence-corrected chi connectivity index (χ3v) is 1.21. The summed E-state index contributed by atoms with van der Waals surface area (Å²) in [6.07, 6.45) is -0.424. The normalized spacial score (nSPS) is 27.3. The highest BCUT2D eigenvalue weighted by Gasteiger charge is 2.39. The molecule has 0 saturated heterocycles. The van der Waals surface area contributed by atoms with Crippen LogP contribution in [0.5, 0.6) is 0 Å². The van der Waals surface area contributed by atoms with E-state index >= 15 is 0 Å². The second-order valence-electron chi connectivity index (χ2n) is 1.97. The van der Waals surface area contributed by atoms with E-state index in [1.165, 1.54) is 0 Å². The zero-order valence-electron chi connectivity index (χ0n) is 4.42. The minimum atomic E-state index is -0.444. The lowest BCUT2D eigenvalue weighted by Gasteiger charge is -2.03. The zero-order chi connectivity index (χ0) is 5.49. The first-order valence-electron chi connectivity index (χ1n) is 2.27. The van der Waals surface area contributed by atoms with Crippen molar-refractivity contribution in [3.05, 3.63) is 0 Å². The Labute approximate surface area is 42.1 Å². The van der Waals surface area contributed by atoms with Gasteiger partial charge in [-0.3, -0.25) is 0 Å². The van der Waals surface area contributed by atoms with Crippen molar-refractivity contribution in [3.63, 3.8) is 0 Å². The molecule has 0 fully saturated rings. The molecule has 0 aliphatic carbocycles. The molecule has 1 heterocycles. The molecule has 1 atom stereocenters. The third kappa shape index (κ3) is 0.632. The standard InChI is InChI=1S/C4H8N2O/c1-3(7)4(2)5-6-4/h3,7H,1-2H3. The van der Waals surface area contributed by atoms with Crippen molar-refractivity contribution >= 4 is 0 Å². The van der Waals surface area contributed by atoms with Crippen LogP contribution in [0.4, 0.5) is 0 Å². The van der Waals surface area contributed by atoms with Gasteiger partial charge in [0.05, 0.1) is 6.10 Å². The van der Waals surface area contributed by atoms with Crippen LogP contribution in [0.3, 0.4) is 0 Å². The van der Waals surface area contributed by atoms with Gasteiger partial charge in [-0.05, 0) is 13.8 Å². The lowest BCUT2D eigenvalue weighted by molar-refractivity contribution is 0.150. The predicted octanol–water partition coefficient (Wildman–Crippen LogP) is 0.549. The van der Waals surface area contributed by atoms with Gasteiger partial charge in [0.1, 0.15) is 0 Å². The Kier molecular flexibility index (Phi) is 0.698. The van der Waals surface area contributed by atoms with Crippen LogP contribution in [0.2, 0.25) is 0 Å². The Hall–Kier alpha value is -0.440. The molecule has 0 spiro atoms. The van der Waals surface area contributed by atoms with Gasteiger partial charge >= 0.3 is 0 Å². The maximum Gasteiger partial charge on any atom is 0.213 e. The number of hydrogen-bond acceptors (Lipinski definition) is 3. The number of aliphatic hydroxyl groups is 1. The first-order chi connectivity index (χ1) is 3.15. The van der Waals surface area contributed by atoms with E-state index in [9.17, 15) is 0 Å². The summed E-state index contributed by atoms with van der Waals surface area (Å²) >= 11 is 0. The molecule has 40 valence electrons. The molecule has 1 rings (SSSR count). The van der Waals surface area contributed by atoms with Gasteiger partial charge in [0.2, 0.25) is 5.66 Å².